The van der Waals surface area contributed by atoms with Gasteiger partial charge in [0.05, 0.1) is 48.2 Å². The molecule has 0 radical (unpaired) electrons. The first-order chi connectivity index (χ1) is 23.7. The molecule has 4 nitrogen and oxygen atoms in total. The topological polar surface area (TPSA) is 51.6 Å². The number of hydrogen-bond acceptors (Lipinski definition) is 12. The first-order valence-corrected chi connectivity index (χ1v) is 22.9. The van der Waals surface area contributed by atoms with Crippen molar-refractivity contribution in [1.82, 2.24) is 19.9 Å². The third-order valence-electron chi connectivity index (χ3n) is 7.34. The predicted octanol–water partition coefficient (Wildman–Crippen LogP) is 12.6. The zero-order valence-corrected chi connectivity index (χ0v) is 33.3. The molecule has 2 aliphatic heterocycles. The summed E-state index contributed by atoms with van der Waals surface area (Å²) in [5.74, 6) is 4.43. The molecule has 0 fully saturated rings. The number of thioether (sulfide) groups is 8. The van der Waals surface area contributed by atoms with E-state index in [9.17, 15) is 0 Å². The van der Waals surface area contributed by atoms with E-state index in [0.29, 0.717) is 0 Å². The number of aromatic nitrogens is 4. The molecule has 8 rings (SSSR count). The van der Waals surface area contributed by atoms with Gasteiger partial charge in [-0.25, -0.2) is 0 Å². The Hall–Kier alpha value is -1.64. The molecular formula is C36H32N4S8. The Bertz CT molecular complexity index is 1720. The fraction of sp³-hybridized carbons (Fsp3) is 0.222. The molecule has 4 aliphatic rings. The minimum Gasteiger partial charge on any atom is -0.254 e. The molecule has 4 aromatic heterocycles. The average Bonchev–Trinajstić information content (AvgIpc) is 3.87. The quantitative estimate of drug-likeness (QED) is 0.148. The summed E-state index contributed by atoms with van der Waals surface area (Å²) in [7, 11) is 0. The Morgan fingerprint density at radius 3 is 0.896 bits per heavy atom. The largest absolute Gasteiger partial charge is 0.254 e. The summed E-state index contributed by atoms with van der Waals surface area (Å²) in [6.07, 6.45) is 7.42. The monoisotopic (exact) mass is 776 g/mol. The molecule has 0 spiro atoms. The van der Waals surface area contributed by atoms with Crippen LogP contribution >= 0.6 is 94.1 Å². The highest BCUT2D eigenvalue weighted by molar-refractivity contribution is 8.41. The van der Waals surface area contributed by atoms with E-state index < -0.39 is 0 Å². The molecule has 12 heteroatoms. The van der Waals surface area contributed by atoms with Gasteiger partial charge in [0.15, 0.2) is 0 Å². The van der Waals surface area contributed by atoms with Gasteiger partial charge in [-0.05, 0) is 47.3 Å². The lowest BCUT2D eigenvalue weighted by molar-refractivity contribution is 1.26. The second-order valence-electron chi connectivity index (χ2n) is 10.2. The molecule has 0 aromatic carbocycles. The summed E-state index contributed by atoms with van der Waals surface area (Å²) >= 11 is 15.5. The fourth-order valence-corrected chi connectivity index (χ4v) is 17.1. The smallest absolute Gasteiger partial charge is 0.0971 e. The molecule has 0 amide bonds. The number of fused-ring (bicyclic) bond motifs is 6. The third kappa shape index (κ3) is 6.85. The van der Waals surface area contributed by atoms with Gasteiger partial charge in [-0.3, -0.25) is 19.9 Å². The van der Waals surface area contributed by atoms with Crippen LogP contribution in [-0.4, -0.2) is 42.9 Å². The van der Waals surface area contributed by atoms with Crippen molar-refractivity contribution in [1.29, 1.82) is 0 Å². The van der Waals surface area contributed by atoms with Crippen LogP contribution in [0.5, 0.6) is 0 Å². The van der Waals surface area contributed by atoms with Gasteiger partial charge in [0, 0.05) is 58.2 Å². The van der Waals surface area contributed by atoms with Crippen molar-refractivity contribution in [3.63, 3.8) is 0 Å². The number of pyridine rings is 4. The minimum absolute atomic E-state index is 1.01. The maximum absolute atomic E-state index is 4.59. The van der Waals surface area contributed by atoms with E-state index in [1.54, 1.807) is 0 Å². The van der Waals surface area contributed by atoms with E-state index in [4.69, 9.17) is 0 Å². The Morgan fingerprint density at radius 2 is 0.667 bits per heavy atom. The number of hydrogen-bond donors (Lipinski definition) is 0. The Balaban J connectivity index is 0.000000152. The summed E-state index contributed by atoms with van der Waals surface area (Å²) in [4.78, 5) is 18.4. The van der Waals surface area contributed by atoms with E-state index in [1.807, 2.05) is 143 Å². The highest BCUT2D eigenvalue weighted by Crippen LogP contribution is 2.62. The van der Waals surface area contributed by atoms with Crippen LogP contribution in [-0.2, 0) is 0 Å². The molecule has 48 heavy (non-hydrogen) atoms. The van der Waals surface area contributed by atoms with Gasteiger partial charge in [0.2, 0.25) is 0 Å². The molecule has 0 bridgehead atoms. The van der Waals surface area contributed by atoms with Gasteiger partial charge in [0.25, 0.3) is 0 Å². The molecule has 244 valence electrons. The summed E-state index contributed by atoms with van der Waals surface area (Å²) in [5, 5.41) is 0. The molecule has 2 aliphatic carbocycles. The lowest BCUT2D eigenvalue weighted by Crippen LogP contribution is -1.84. The van der Waals surface area contributed by atoms with E-state index in [2.05, 4.69) is 71.9 Å². The Labute approximate surface area is 317 Å². The van der Waals surface area contributed by atoms with Crippen molar-refractivity contribution in [2.45, 2.75) is 27.7 Å². The zero-order chi connectivity index (χ0) is 33.0. The van der Waals surface area contributed by atoms with Crippen LogP contribution in [0.4, 0.5) is 0 Å². The standard InChI is InChI=1S/2C18H16N2S4/c2*1-3-21-17-18(22-4-2)24-16(23-17)13-11-7-5-9-19-14(11)15-12(13)8-6-10-20-15/h2*5-10H,3-4H2,1-2H3. The molecule has 6 heterocycles. The minimum atomic E-state index is 1.01. The first-order valence-electron chi connectivity index (χ1n) is 15.7. The van der Waals surface area contributed by atoms with Crippen molar-refractivity contribution < 1.29 is 0 Å². The molecule has 0 saturated carbocycles. The van der Waals surface area contributed by atoms with Gasteiger partial charge in [-0.15, -0.1) is 47.0 Å². The van der Waals surface area contributed by atoms with Crippen molar-refractivity contribution in [2.24, 2.45) is 0 Å². The van der Waals surface area contributed by atoms with Gasteiger partial charge >= 0.3 is 0 Å². The van der Waals surface area contributed by atoms with Crippen LogP contribution in [0.2, 0.25) is 0 Å². The van der Waals surface area contributed by atoms with Crippen molar-refractivity contribution in [3.8, 4) is 22.8 Å². The second-order valence-corrected chi connectivity index (χ2v) is 20.9. The maximum atomic E-state index is 4.59. The summed E-state index contributed by atoms with van der Waals surface area (Å²) in [5.41, 5.74) is 11.5. The summed E-state index contributed by atoms with van der Waals surface area (Å²) < 4.78 is 8.50. The van der Waals surface area contributed by atoms with Gasteiger partial charge in [-0.1, -0.05) is 99.0 Å². The van der Waals surface area contributed by atoms with Crippen LogP contribution in [0.1, 0.15) is 49.9 Å². The number of rotatable bonds is 8. The lowest BCUT2D eigenvalue weighted by Gasteiger charge is -2.06. The van der Waals surface area contributed by atoms with Crippen LogP contribution in [0.25, 0.3) is 33.9 Å². The van der Waals surface area contributed by atoms with Crippen molar-refractivity contribution in [3.05, 3.63) is 121 Å². The van der Waals surface area contributed by atoms with E-state index in [1.165, 1.54) is 58.8 Å². The highest BCUT2D eigenvalue weighted by atomic mass is 32.3. The van der Waals surface area contributed by atoms with Gasteiger partial charge in [-0.2, -0.15) is 0 Å². The Kier molecular flexibility index (Phi) is 11.7. The first kappa shape index (κ1) is 34.8. The zero-order valence-electron chi connectivity index (χ0n) is 26.8. The molecule has 0 unspecified atom stereocenters. The van der Waals surface area contributed by atoms with E-state index in [0.717, 1.165) is 45.8 Å². The van der Waals surface area contributed by atoms with E-state index >= 15 is 0 Å². The van der Waals surface area contributed by atoms with Crippen molar-refractivity contribution >= 4 is 105 Å². The van der Waals surface area contributed by atoms with Crippen LogP contribution in [0.3, 0.4) is 0 Å². The van der Waals surface area contributed by atoms with Gasteiger partial charge in [0.1, 0.15) is 0 Å². The number of nitrogens with zero attached hydrogens (tertiary/aromatic N) is 4. The van der Waals surface area contributed by atoms with Crippen LogP contribution in [0.15, 0.2) is 98.7 Å². The average molecular weight is 777 g/mol. The van der Waals surface area contributed by atoms with Crippen LogP contribution in [0, 0.1) is 0 Å². The molecule has 0 saturated heterocycles. The summed E-state index contributed by atoms with van der Waals surface area (Å²) in [6, 6.07) is 16.8. The molecule has 4 aromatic rings. The maximum Gasteiger partial charge on any atom is 0.0971 e. The normalized spacial score (nSPS) is 15.9. The molecule has 0 atom stereocenters. The van der Waals surface area contributed by atoms with Gasteiger partial charge < -0.3 is 0 Å². The predicted molar refractivity (Wildman–Crippen MR) is 224 cm³/mol. The SMILES string of the molecule is CCSC1=C(SCC)SC(=C2c3cccnc3-c3ncccc32)S1.CCSC1=C(SCC)SC(=C2c3cccnc3-c3ncccc32)S1. The van der Waals surface area contributed by atoms with Crippen LogP contribution < -0.4 is 0 Å². The third-order valence-corrected chi connectivity index (χ3v) is 17.9. The molecule has 0 N–H and O–H groups in total. The van der Waals surface area contributed by atoms with Crippen molar-refractivity contribution in [2.75, 3.05) is 23.0 Å². The Morgan fingerprint density at radius 1 is 0.417 bits per heavy atom. The fourth-order valence-electron chi connectivity index (χ4n) is 5.54. The van der Waals surface area contributed by atoms with E-state index in [-0.39, 0.29) is 0 Å². The molecular weight excluding hydrogens is 745 g/mol. The highest BCUT2D eigenvalue weighted by Gasteiger charge is 2.34. The lowest BCUT2D eigenvalue weighted by atomic mass is 10.1. The summed E-state index contributed by atoms with van der Waals surface area (Å²) in [6.45, 7) is 8.87. The second kappa shape index (κ2) is 16.1.